The lowest BCUT2D eigenvalue weighted by Gasteiger charge is -2.28. The molecule has 1 unspecified atom stereocenters. The Hall–Kier alpha value is -1.03. The van der Waals surface area contributed by atoms with Crippen molar-refractivity contribution in [2.75, 3.05) is 0 Å². The molecule has 10 heavy (non-hydrogen) atoms. The lowest BCUT2D eigenvalue weighted by Crippen LogP contribution is -2.45. The maximum atomic E-state index is 10.6. The first-order valence-electron chi connectivity index (χ1n) is 2.89. The summed E-state index contributed by atoms with van der Waals surface area (Å²) >= 11 is 0. The van der Waals surface area contributed by atoms with Crippen molar-refractivity contribution in [2.24, 2.45) is 5.73 Å². The van der Waals surface area contributed by atoms with E-state index in [1.807, 2.05) is 0 Å². The molecule has 1 aliphatic rings. The second kappa shape index (κ2) is 1.98. The number of carbonyl (C=O) groups excluding carboxylic acids is 1. The zero-order valence-corrected chi connectivity index (χ0v) is 5.88. The van der Waals surface area contributed by atoms with Gasteiger partial charge in [-0.25, -0.2) is 4.79 Å². The predicted octanol–water partition coefficient (Wildman–Crippen LogP) is 0.0960. The summed E-state index contributed by atoms with van der Waals surface area (Å²) in [5.74, 6) is -1.29. The zero-order valence-electron chi connectivity index (χ0n) is 5.88. The minimum absolute atomic E-state index is 0.464. The van der Waals surface area contributed by atoms with Crippen LogP contribution in [0.25, 0.3) is 0 Å². The topological polar surface area (TPSA) is 61.5 Å². The van der Waals surface area contributed by atoms with Gasteiger partial charge in [0.15, 0.2) is 0 Å². The highest BCUT2D eigenvalue weighted by molar-refractivity contribution is 5.83. The molecule has 0 bridgehead atoms. The molecule has 4 heteroatoms. The first-order chi connectivity index (χ1) is 4.49. The number of esters is 1. The molecule has 0 saturated carbocycles. The maximum absolute atomic E-state index is 10.6. The van der Waals surface area contributed by atoms with Crippen LogP contribution in [0.4, 0.5) is 0 Å². The van der Waals surface area contributed by atoms with Gasteiger partial charge in [-0.2, -0.15) is 0 Å². The number of rotatable bonds is 0. The molecule has 0 aromatic carbocycles. The predicted molar refractivity (Wildman–Crippen MR) is 33.5 cm³/mol. The van der Waals surface area contributed by atoms with E-state index in [0.29, 0.717) is 5.76 Å². The van der Waals surface area contributed by atoms with Gasteiger partial charge in [-0.15, -0.1) is 0 Å². The van der Waals surface area contributed by atoms with Crippen molar-refractivity contribution in [1.82, 2.24) is 0 Å². The first-order valence-corrected chi connectivity index (χ1v) is 2.89. The summed E-state index contributed by atoms with van der Waals surface area (Å²) in [7, 11) is 0. The van der Waals surface area contributed by atoms with E-state index in [-0.39, 0.29) is 0 Å². The number of hydrogen-bond donors (Lipinski definition) is 1. The van der Waals surface area contributed by atoms with Crippen LogP contribution in [-0.4, -0.2) is 11.9 Å². The standard InChI is InChI=1S/C6H9NO3/c1-4-3-5(8)10-6(2,7)9-4/h3H,7H2,1-2H3. The van der Waals surface area contributed by atoms with Crippen molar-refractivity contribution in [3.63, 3.8) is 0 Å². The highest BCUT2D eigenvalue weighted by atomic mass is 16.7. The lowest BCUT2D eigenvalue weighted by molar-refractivity contribution is -0.210. The van der Waals surface area contributed by atoms with E-state index in [4.69, 9.17) is 10.5 Å². The van der Waals surface area contributed by atoms with Crippen LogP contribution in [0.2, 0.25) is 0 Å². The molecule has 0 aliphatic carbocycles. The quantitative estimate of drug-likeness (QED) is 0.488. The summed E-state index contributed by atoms with van der Waals surface area (Å²) in [5, 5.41) is 0. The van der Waals surface area contributed by atoms with Crippen molar-refractivity contribution in [3.8, 4) is 0 Å². The summed E-state index contributed by atoms with van der Waals surface area (Å²) in [4.78, 5) is 10.6. The fraction of sp³-hybridized carbons (Fsp3) is 0.500. The smallest absolute Gasteiger partial charge is 0.338 e. The van der Waals surface area contributed by atoms with Gasteiger partial charge in [0.05, 0.1) is 6.08 Å². The monoisotopic (exact) mass is 143 g/mol. The third-order valence-corrected chi connectivity index (χ3v) is 0.988. The fourth-order valence-corrected chi connectivity index (χ4v) is 0.765. The van der Waals surface area contributed by atoms with Crippen LogP contribution in [0.5, 0.6) is 0 Å². The molecule has 56 valence electrons. The molecule has 1 rings (SSSR count). The van der Waals surface area contributed by atoms with E-state index in [1.54, 1.807) is 6.92 Å². The largest absolute Gasteiger partial charge is 0.444 e. The van der Waals surface area contributed by atoms with Gasteiger partial charge in [-0.1, -0.05) is 0 Å². The van der Waals surface area contributed by atoms with Crippen molar-refractivity contribution >= 4 is 5.97 Å². The Kier molecular flexibility index (Phi) is 1.40. The summed E-state index contributed by atoms with van der Waals surface area (Å²) in [6.07, 6.45) is 1.24. The molecule has 1 atom stereocenters. The second-order valence-electron chi connectivity index (χ2n) is 2.29. The third-order valence-electron chi connectivity index (χ3n) is 0.988. The number of hydrogen-bond acceptors (Lipinski definition) is 4. The molecule has 0 aromatic heterocycles. The Morgan fingerprint density at radius 3 is 2.60 bits per heavy atom. The molecule has 2 N–H and O–H groups in total. The van der Waals surface area contributed by atoms with Gasteiger partial charge in [0.2, 0.25) is 0 Å². The second-order valence-corrected chi connectivity index (χ2v) is 2.29. The molecule has 4 nitrogen and oxygen atoms in total. The Balaban J connectivity index is 2.80. The van der Waals surface area contributed by atoms with Gasteiger partial charge >= 0.3 is 11.9 Å². The summed E-state index contributed by atoms with van der Waals surface area (Å²) in [5.41, 5.74) is 5.35. The van der Waals surface area contributed by atoms with Crippen molar-refractivity contribution < 1.29 is 14.3 Å². The Labute approximate surface area is 58.6 Å². The summed E-state index contributed by atoms with van der Waals surface area (Å²) in [6, 6.07) is 0. The number of cyclic esters (lactones) is 1. The van der Waals surface area contributed by atoms with Crippen LogP contribution in [-0.2, 0) is 14.3 Å². The van der Waals surface area contributed by atoms with Gasteiger partial charge < -0.3 is 9.47 Å². The highest BCUT2D eigenvalue weighted by Gasteiger charge is 2.28. The van der Waals surface area contributed by atoms with E-state index in [9.17, 15) is 4.79 Å². The molecular formula is C6H9NO3. The molecular weight excluding hydrogens is 134 g/mol. The normalized spacial score (nSPS) is 32.3. The number of allylic oxidation sites excluding steroid dienone is 1. The van der Waals surface area contributed by atoms with Crippen LogP contribution in [0, 0.1) is 0 Å². The average Bonchev–Trinajstić information content (AvgIpc) is 1.54. The fourth-order valence-electron chi connectivity index (χ4n) is 0.765. The van der Waals surface area contributed by atoms with E-state index in [0.717, 1.165) is 0 Å². The van der Waals surface area contributed by atoms with Crippen LogP contribution >= 0.6 is 0 Å². The Morgan fingerprint density at radius 1 is 1.60 bits per heavy atom. The van der Waals surface area contributed by atoms with Crippen molar-refractivity contribution in [3.05, 3.63) is 11.8 Å². The van der Waals surface area contributed by atoms with Crippen molar-refractivity contribution in [2.45, 2.75) is 19.8 Å². The lowest BCUT2D eigenvalue weighted by atomic mass is 10.4. The molecule has 1 aliphatic heterocycles. The number of nitrogens with two attached hydrogens (primary N) is 1. The maximum Gasteiger partial charge on any atom is 0.338 e. The van der Waals surface area contributed by atoms with Crippen LogP contribution in [0.1, 0.15) is 13.8 Å². The summed E-state index contributed by atoms with van der Waals surface area (Å²) in [6.45, 7) is 3.12. The minimum Gasteiger partial charge on any atom is -0.444 e. The van der Waals surface area contributed by atoms with Gasteiger partial charge in [0.25, 0.3) is 0 Å². The van der Waals surface area contributed by atoms with Crippen LogP contribution < -0.4 is 5.73 Å². The highest BCUT2D eigenvalue weighted by Crippen LogP contribution is 2.16. The molecule has 0 fully saturated rings. The molecule has 0 amide bonds. The molecule has 0 aromatic rings. The molecule has 0 saturated heterocycles. The zero-order chi connectivity index (χ0) is 7.78. The third kappa shape index (κ3) is 1.48. The SMILES string of the molecule is CC1=CC(=O)OC(C)(N)O1. The molecule has 0 spiro atoms. The van der Waals surface area contributed by atoms with E-state index < -0.39 is 11.9 Å². The Morgan fingerprint density at radius 2 is 2.20 bits per heavy atom. The van der Waals surface area contributed by atoms with Gasteiger partial charge in [0.1, 0.15) is 5.76 Å². The molecule has 1 heterocycles. The number of carbonyl (C=O) groups is 1. The minimum atomic E-state index is -1.30. The first kappa shape index (κ1) is 7.08. The van der Waals surface area contributed by atoms with Crippen LogP contribution in [0.15, 0.2) is 11.8 Å². The van der Waals surface area contributed by atoms with Crippen molar-refractivity contribution in [1.29, 1.82) is 0 Å². The van der Waals surface area contributed by atoms with Crippen LogP contribution in [0.3, 0.4) is 0 Å². The molecule has 0 radical (unpaired) electrons. The van der Waals surface area contributed by atoms with Gasteiger partial charge in [-0.05, 0) is 6.92 Å². The van der Waals surface area contributed by atoms with E-state index in [2.05, 4.69) is 4.74 Å². The van der Waals surface area contributed by atoms with E-state index >= 15 is 0 Å². The van der Waals surface area contributed by atoms with E-state index in [1.165, 1.54) is 13.0 Å². The van der Waals surface area contributed by atoms with Gasteiger partial charge in [0, 0.05) is 6.92 Å². The Bertz CT molecular complexity index is 195. The van der Waals surface area contributed by atoms with Gasteiger partial charge in [-0.3, -0.25) is 5.73 Å². The average molecular weight is 143 g/mol. The summed E-state index contributed by atoms with van der Waals surface area (Å²) < 4.78 is 9.52. The number of ether oxygens (including phenoxy) is 2.